The van der Waals surface area contributed by atoms with E-state index in [0.29, 0.717) is 5.56 Å². The molecule has 8 heteroatoms. The Morgan fingerprint density at radius 3 is 2.59 bits per heavy atom. The van der Waals surface area contributed by atoms with Gasteiger partial charge in [-0.25, -0.2) is 12.8 Å². The fraction of sp³-hybridized carbons (Fsp3) is 0.500. The van der Waals surface area contributed by atoms with Gasteiger partial charge in [-0.1, -0.05) is 15.9 Å². The molecule has 0 fully saturated rings. The first-order valence-electron chi connectivity index (χ1n) is 6.71. The highest BCUT2D eigenvalue weighted by molar-refractivity contribution is 9.10. The summed E-state index contributed by atoms with van der Waals surface area (Å²) in [5.74, 6) is -2.88. The zero-order chi connectivity index (χ0) is 16.9. The maximum Gasteiger partial charge on any atom is 0.318 e. The van der Waals surface area contributed by atoms with Gasteiger partial charge in [0.05, 0.1) is 5.75 Å². The zero-order valence-corrected chi connectivity index (χ0v) is 14.8. The molecule has 0 aliphatic rings. The Labute approximate surface area is 138 Å². The second kappa shape index (κ2) is 8.03. The maximum absolute atomic E-state index is 13.8. The summed E-state index contributed by atoms with van der Waals surface area (Å²) in [4.78, 5) is 12.3. The smallest absolute Gasteiger partial charge is 0.318 e. The van der Waals surface area contributed by atoms with Crippen molar-refractivity contribution in [2.24, 2.45) is 0 Å². The third-order valence-corrected chi connectivity index (χ3v) is 5.13. The minimum Gasteiger partial charge on any atom is -0.480 e. The van der Waals surface area contributed by atoms with E-state index in [-0.39, 0.29) is 30.7 Å². The molecular weight excluding hydrogens is 377 g/mol. The number of hydrogen-bond acceptors (Lipinski definition) is 4. The van der Waals surface area contributed by atoms with Crippen LogP contribution in [-0.2, 0) is 21.2 Å². The number of carboxylic acids is 1. The molecule has 0 bridgehead atoms. The van der Waals surface area contributed by atoms with Crippen LogP contribution >= 0.6 is 15.9 Å². The number of carboxylic acid groups (broad SMARTS) is 1. The molecule has 0 saturated heterocycles. The van der Waals surface area contributed by atoms with Gasteiger partial charge >= 0.3 is 5.97 Å². The molecular formula is C14H19BrFNO4S. The molecule has 0 spiro atoms. The lowest BCUT2D eigenvalue weighted by Gasteiger charge is -2.26. The second-order valence-corrected chi connectivity index (χ2v) is 8.39. The van der Waals surface area contributed by atoms with Crippen molar-refractivity contribution in [3.8, 4) is 0 Å². The van der Waals surface area contributed by atoms with Crippen LogP contribution in [0.3, 0.4) is 0 Å². The Hall–Kier alpha value is -0.990. The molecule has 1 rings (SSSR count). The van der Waals surface area contributed by atoms with Gasteiger partial charge in [-0.3, -0.25) is 9.69 Å². The number of hydrogen-bond donors (Lipinski definition) is 1. The maximum atomic E-state index is 13.8. The van der Waals surface area contributed by atoms with Crippen LogP contribution in [0.15, 0.2) is 22.7 Å². The van der Waals surface area contributed by atoms with Crippen LogP contribution in [0, 0.1) is 5.82 Å². The molecule has 1 aromatic carbocycles. The van der Waals surface area contributed by atoms with E-state index in [2.05, 4.69) is 15.9 Å². The predicted molar refractivity (Wildman–Crippen MR) is 85.9 cm³/mol. The van der Waals surface area contributed by atoms with Crippen molar-refractivity contribution in [3.63, 3.8) is 0 Å². The van der Waals surface area contributed by atoms with Crippen molar-refractivity contribution in [2.45, 2.75) is 26.4 Å². The number of benzene rings is 1. The summed E-state index contributed by atoms with van der Waals surface area (Å²) in [6.07, 6.45) is 0. The number of carbonyl (C=O) groups is 1. The first-order valence-corrected chi connectivity index (χ1v) is 9.32. The average Bonchev–Trinajstić information content (AvgIpc) is 2.36. The number of nitrogens with zero attached hydrogens (tertiary/aromatic N) is 1. The highest BCUT2D eigenvalue weighted by Crippen LogP contribution is 2.18. The van der Waals surface area contributed by atoms with E-state index in [1.165, 1.54) is 6.07 Å². The van der Waals surface area contributed by atoms with Gasteiger partial charge in [0.2, 0.25) is 0 Å². The van der Waals surface area contributed by atoms with Gasteiger partial charge in [-0.15, -0.1) is 0 Å². The fourth-order valence-corrected chi connectivity index (χ4v) is 3.36. The molecule has 22 heavy (non-hydrogen) atoms. The quantitative estimate of drug-likeness (QED) is 0.730. The standard InChI is InChI=1S/C14H19BrFNO4S/c1-10(2)17(5-6-22(20,21)9-14(18)19)8-11-7-12(15)3-4-13(11)16/h3-4,7,10H,5-6,8-9H2,1-2H3,(H,18,19). The average molecular weight is 396 g/mol. The number of aliphatic carboxylic acids is 1. The predicted octanol–water partition coefficient (Wildman–Crippen LogP) is 2.30. The Bertz CT molecular complexity index is 634. The molecule has 0 saturated carbocycles. The van der Waals surface area contributed by atoms with Crippen molar-refractivity contribution in [1.29, 1.82) is 0 Å². The van der Waals surface area contributed by atoms with Crippen LogP contribution in [0.2, 0.25) is 0 Å². The van der Waals surface area contributed by atoms with E-state index in [0.717, 1.165) is 4.47 Å². The largest absolute Gasteiger partial charge is 0.480 e. The first kappa shape index (κ1) is 19.1. The summed E-state index contributed by atoms with van der Waals surface area (Å²) in [5, 5.41) is 8.58. The molecule has 0 unspecified atom stereocenters. The summed E-state index contributed by atoms with van der Waals surface area (Å²) in [7, 11) is -3.66. The Balaban J connectivity index is 2.79. The van der Waals surface area contributed by atoms with E-state index < -0.39 is 21.6 Å². The lowest BCUT2D eigenvalue weighted by molar-refractivity contribution is -0.134. The lowest BCUT2D eigenvalue weighted by atomic mass is 10.2. The van der Waals surface area contributed by atoms with Crippen molar-refractivity contribution in [2.75, 3.05) is 18.1 Å². The van der Waals surface area contributed by atoms with E-state index in [4.69, 9.17) is 5.11 Å². The van der Waals surface area contributed by atoms with Gasteiger partial charge in [0.1, 0.15) is 11.6 Å². The van der Waals surface area contributed by atoms with Crippen LogP contribution in [0.4, 0.5) is 4.39 Å². The summed E-state index contributed by atoms with van der Waals surface area (Å²) >= 11 is 3.27. The minimum absolute atomic E-state index is 0.00147. The first-order chi connectivity index (χ1) is 10.1. The highest BCUT2D eigenvalue weighted by atomic mass is 79.9. The normalized spacial score (nSPS) is 12.1. The third-order valence-electron chi connectivity index (χ3n) is 3.14. The third kappa shape index (κ3) is 6.41. The molecule has 0 aliphatic heterocycles. The van der Waals surface area contributed by atoms with E-state index in [1.807, 2.05) is 13.8 Å². The van der Waals surface area contributed by atoms with Crippen LogP contribution in [0.1, 0.15) is 19.4 Å². The van der Waals surface area contributed by atoms with Crippen molar-refractivity contribution < 1.29 is 22.7 Å². The zero-order valence-electron chi connectivity index (χ0n) is 12.4. The Kier molecular flexibility index (Phi) is 6.96. The molecule has 0 heterocycles. The van der Waals surface area contributed by atoms with Crippen molar-refractivity contribution in [1.82, 2.24) is 4.90 Å². The van der Waals surface area contributed by atoms with Gasteiger partial charge in [-0.2, -0.15) is 0 Å². The number of halogens is 2. The lowest BCUT2D eigenvalue weighted by Crippen LogP contribution is -2.36. The number of rotatable bonds is 8. The van der Waals surface area contributed by atoms with E-state index in [1.54, 1.807) is 17.0 Å². The van der Waals surface area contributed by atoms with Crippen LogP contribution in [-0.4, -0.2) is 48.5 Å². The Morgan fingerprint density at radius 1 is 1.41 bits per heavy atom. The molecule has 0 radical (unpaired) electrons. The van der Waals surface area contributed by atoms with Crippen LogP contribution in [0.5, 0.6) is 0 Å². The molecule has 124 valence electrons. The van der Waals surface area contributed by atoms with Gasteiger partial charge in [-0.05, 0) is 32.0 Å². The summed E-state index contributed by atoms with van der Waals surface area (Å²) in [5.41, 5.74) is 0.457. The van der Waals surface area contributed by atoms with Crippen molar-refractivity contribution in [3.05, 3.63) is 34.1 Å². The fourth-order valence-electron chi connectivity index (χ4n) is 1.92. The topological polar surface area (TPSA) is 74.7 Å². The summed E-state index contributed by atoms with van der Waals surface area (Å²) in [6, 6.07) is 4.59. The monoisotopic (exact) mass is 395 g/mol. The van der Waals surface area contributed by atoms with Gasteiger partial charge in [0.15, 0.2) is 9.84 Å². The summed E-state index contributed by atoms with van der Waals surface area (Å²) in [6.45, 7) is 4.16. The molecule has 0 amide bonds. The Morgan fingerprint density at radius 2 is 2.05 bits per heavy atom. The molecule has 0 aliphatic carbocycles. The van der Waals surface area contributed by atoms with Crippen LogP contribution in [0.25, 0.3) is 0 Å². The van der Waals surface area contributed by atoms with Crippen molar-refractivity contribution >= 4 is 31.7 Å². The molecule has 1 aromatic rings. The SMILES string of the molecule is CC(C)N(CCS(=O)(=O)CC(=O)O)Cc1cc(Br)ccc1F. The number of sulfone groups is 1. The minimum atomic E-state index is -3.66. The summed E-state index contributed by atoms with van der Waals surface area (Å²) < 4.78 is 37.8. The van der Waals surface area contributed by atoms with Gasteiger partial charge < -0.3 is 5.11 Å². The molecule has 0 atom stereocenters. The molecule has 5 nitrogen and oxygen atoms in total. The van der Waals surface area contributed by atoms with Gasteiger partial charge in [0, 0.05) is 29.2 Å². The van der Waals surface area contributed by atoms with Crippen LogP contribution < -0.4 is 0 Å². The molecule has 1 N–H and O–H groups in total. The van der Waals surface area contributed by atoms with E-state index in [9.17, 15) is 17.6 Å². The second-order valence-electron chi connectivity index (χ2n) is 5.29. The van der Waals surface area contributed by atoms with E-state index >= 15 is 0 Å². The molecule has 0 aromatic heterocycles. The highest BCUT2D eigenvalue weighted by Gasteiger charge is 2.20. The van der Waals surface area contributed by atoms with Gasteiger partial charge in [0.25, 0.3) is 0 Å².